The lowest BCUT2D eigenvalue weighted by Gasteiger charge is -2.10. The van der Waals surface area contributed by atoms with Crippen LogP contribution in [0.5, 0.6) is 0 Å². The molecule has 0 saturated heterocycles. The van der Waals surface area contributed by atoms with Gasteiger partial charge in [-0.25, -0.2) is 0 Å². The third kappa shape index (κ3) is 4.64. The van der Waals surface area contributed by atoms with Gasteiger partial charge in [-0.3, -0.25) is 9.59 Å². The molecule has 0 aliphatic heterocycles. The highest BCUT2D eigenvalue weighted by molar-refractivity contribution is 6.53. The molecule has 0 unspecified atom stereocenters. The van der Waals surface area contributed by atoms with E-state index in [-0.39, 0.29) is 16.5 Å². The van der Waals surface area contributed by atoms with E-state index in [1.807, 2.05) is 0 Å². The van der Waals surface area contributed by atoms with Crippen molar-refractivity contribution in [1.29, 1.82) is 0 Å². The number of aromatic nitrogens is 1. The largest absolute Gasteiger partial charge is 0.351 e. The van der Waals surface area contributed by atoms with Crippen LogP contribution in [0.2, 0.25) is 15.1 Å². The molecular formula is C20H12Cl5N3O3. The van der Waals surface area contributed by atoms with Crippen LogP contribution in [0.4, 0.5) is 11.4 Å². The van der Waals surface area contributed by atoms with Crippen molar-refractivity contribution >= 4 is 81.2 Å². The van der Waals surface area contributed by atoms with Crippen molar-refractivity contribution in [1.82, 2.24) is 5.16 Å². The molecule has 2 N–H and O–H groups in total. The smallest absolute Gasteiger partial charge is 0.294 e. The standard InChI is InChI=1S/C20H12Cl5N3O3/c21-10-5-9(6-11(22)7-10)16-17(20(16,24)25)19(30)27-12-1-2-13(23)14(8-12)28-18(29)15-3-4-26-31-15/h1-8,16-17H,(H,27,30)(H,28,29)/t16-,17+/m0/s1. The topological polar surface area (TPSA) is 84.2 Å². The first-order valence-electron chi connectivity index (χ1n) is 8.83. The van der Waals surface area contributed by atoms with E-state index in [0.717, 1.165) is 0 Å². The van der Waals surface area contributed by atoms with Crippen LogP contribution in [-0.4, -0.2) is 21.3 Å². The van der Waals surface area contributed by atoms with E-state index in [9.17, 15) is 9.59 Å². The van der Waals surface area contributed by atoms with Crippen molar-refractivity contribution in [2.45, 2.75) is 10.3 Å². The number of hydrogen-bond acceptors (Lipinski definition) is 4. The molecule has 0 bridgehead atoms. The van der Waals surface area contributed by atoms with Crippen molar-refractivity contribution in [2.75, 3.05) is 10.6 Å². The number of carbonyl (C=O) groups excluding carboxylic acids is 2. The molecule has 1 heterocycles. The van der Waals surface area contributed by atoms with Gasteiger partial charge in [0, 0.05) is 27.7 Å². The van der Waals surface area contributed by atoms with E-state index >= 15 is 0 Å². The van der Waals surface area contributed by atoms with Gasteiger partial charge in [-0.05, 0) is 42.0 Å². The van der Waals surface area contributed by atoms with E-state index < -0.39 is 28.0 Å². The maximum absolute atomic E-state index is 12.9. The second-order valence-corrected chi connectivity index (χ2v) is 9.57. The first-order valence-corrected chi connectivity index (χ1v) is 10.7. The summed E-state index contributed by atoms with van der Waals surface area (Å²) >= 11 is 31.0. The number of rotatable bonds is 5. The van der Waals surface area contributed by atoms with Crippen LogP contribution in [0.15, 0.2) is 53.2 Å². The van der Waals surface area contributed by atoms with Crippen LogP contribution in [-0.2, 0) is 4.79 Å². The van der Waals surface area contributed by atoms with Gasteiger partial charge in [0.15, 0.2) is 0 Å². The Morgan fingerprint density at radius 3 is 2.32 bits per heavy atom. The highest BCUT2D eigenvalue weighted by Gasteiger charge is 2.67. The number of alkyl halides is 2. The summed E-state index contributed by atoms with van der Waals surface area (Å²) in [6.45, 7) is 0. The lowest BCUT2D eigenvalue weighted by Crippen LogP contribution is -2.17. The summed E-state index contributed by atoms with van der Waals surface area (Å²) in [5, 5.41) is 9.93. The second kappa shape index (κ2) is 8.52. The monoisotopic (exact) mass is 517 g/mol. The Labute approximate surface area is 201 Å². The van der Waals surface area contributed by atoms with E-state index in [1.54, 1.807) is 24.3 Å². The average Bonchev–Trinajstić information content (AvgIpc) is 3.04. The fourth-order valence-electron chi connectivity index (χ4n) is 3.26. The number of anilines is 2. The van der Waals surface area contributed by atoms with Gasteiger partial charge >= 0.3 is 0 Å². The number of nitrogens with one attached hydrogen (secondary N) is 2. The van der Waals surface area contributed by atoms with Crippen LogP contribution in [0.3, 0.4) is 0 Å². The van der Waals surface area contributed by atoms with Crippen molar-refractivity contribution < 1.29 is 14.1 Å². The number of nitrogens with zero attached hydrogens (tertiary/aromatic N) is 1. The maximum atomic E-state index is 12.9. The van der Waals surface area contributed by atoms with Crippen molar-refractivity contribution in [3.05, 3.63) is 75.1 Å². The zero-order valence-electron chi connectivity index (χ0n) is 15.3. The average molecular weight is 520 g/mol. The molecule has 11 heteroatoms. The molecule has 3 aromatic rings. The lowest BCUT2D eigenvalue weighted by atomic mass is 10.1. The van der Waals surface area contributed by atoms with Crippen LogP contribution in [0, 0.1) is 5.92 Å². The highest BCUT2D eigenvalue weighted by Crippen LogP contribution is 2.65. The minimum absolute atomic E-state index is 0.0144. The number of benzene rings is 2. The quantitative estimate of drug-likeness (QED) is 0.382. The number of halogens is 5. The molecule has 31 heavy (non-hydrogen) atoms. The summed E-state index contributed by atoms with van der Waals surface area (Å²) < 4.78 is 3.50. The Bertz CT molecular complexity index is 1150. The number of amides is 2. The van der Waals surface area contributed by atoms with Crippen molar-refractivity contribution in [3.63, 3.8) is 0 Å². The van der Waals surface area contributed by atoms with E-state index in [4.69, 9.17) is 62.5 Å². The highest BCUT2D eigenvalue weighted by atomic mass is 35.5. The first kappa shape index (κ1) is 22.2. The zero-order chi connectivity index (χ0) is 22.3. The lowest BCUT2D eigenvalue weighted by molar-refractivity contribution is -0.117. The minimum Gasteiger partial charge on any atom is -0.351 e. The molecule has 1 aromatic heterocycles. The van der Waals surface area contributed by atoms with Crippen molar-refractivity contribution in [3.8, 4) is 0 Å². The van der Waals surface area contributed by atoms with E-state index in [0.29, 0.717) is 21.3 Å². The fourth-order valence-corrected chi connectivity index (χ4v) is 4.79. The molecule has 4 rings (SSSR count). The van der Waals surface area contributed by atoms with Gasteiger partial charge in [-0.2, -0.15) is 0 Å². The summed E-state index contributed by atoms with van der Waals surface area (Å²) in [5.41, 5.74) is 1.33. The summed E-state index contributed by atoms with van der Waals surface area (Å²) in [4.78, 5) is 25.0. The Hall–Kier alpha value is -1.96. The van der Waals surface area contributed by atoms with E-state index in [1.165, 1.54) is 24.4 Å². The molecule has 1 saturated carbocycles. The van der Waals surface area contributed by atoms with Gasteiger partial charge in [0.1, 0.15) is 4.33 Å². The van der Waals surface area contributed by atoms with Crippen molar-refractivity contribution in [2.24, 2.45) is 5.92 Å². The maximum Gasteiger partial charge on any atom is 0.294 e. The van der Waals surface area contributed by atoms with E-state index in [2.05, 4.69) is 15.8 Å². The van der Waals surface area contributed by atoms with Gasteiger partial charge in [-0.1, -0.05) is 40.0 Å². The molecular weight excluding hydrogens is 508 g/mol. The molecule has 2 amide bonds. The minimum atomic E-state index is -1.31. The Kier molecular flexibility index (Phi) is 6.12. The molecule has 2 aromatic carbocycles. The second-order valence-electron chi connectivity index (χ2n) is 6.85. The van der Waals surface area contributed by atoms with Crippen LogP contribution >= 0.6 is 58.0 Å². The molecule has 2 atom stereocenters. The molecule has 0 radical (unpaired) electrons. The molecule has 6 nitrogen and oxygen atoms in total. The normalized spacial score (nSPS) is 19.0. The number of carbonyl (C=O) groups is 2. The zero-order valence-corrected chi connectivity index (χ0v) is 19.1. The SMILES string of the molecule is O=C(Nc1cc(NC(=O)[C@H]2[C@H](c3cc(Cl)cc(Cl)c3)C2(Cl)Cl)ccc1Cl)c1ccno1. The molecule has 0 spiro atoms. The molecule has 1 aliphatic carbocycles. The molecule has 1 aliphatic rings. The first-order chi connectivity index (χ1) is 14.7. The Morgan fingerprint density at radius 1 is 0.968 bits per heavy atom. The molecule has 1 fully saturated rings. The van der Waals surface area contributed by atoms with Crippen LogP contribution in [0.1, 0.15) is 22.0 Å². The number of hydrogen-bond donors (Lipinski definition) is 2. The summed E-state index contributed by atoms with van der Waals surface area (Å²) in [6.07, 6.45) is 1.34. The molecule has 160 valence electrons. The fraction of sp³-hybridized carbons (Fsp3) is 0.150. The Balaban J connectivity index is 1.50. The summed E-state index contributed by atoms with van der Waals surface area (Å²) in [6, 6.07) is 11.0. The predicted molar refractivity (Wildman–Crippen MR) is 122 cm³/mol. The van der Waals surface area contributed by atoms with Gasteiger partial charge < -0.3 is 15.2 Å². The third-order valence-electron chi connectivity index (χ3n) is 4.72. The summed E-state index contributed by atoms with van der Waals surface area (Å²) in [5.74, 6) is -2.14. The summed E-state index contributed by atoms with van der Waals surface area (Å²) in [7, 11) is 0. The van der Waals surface area contributed by atoms with Gasteiger partial charge in [-0.15, -0.1) is 23.2 Å². The predicted octanol–water partition coefficient (Wildman–Crippen LogP) is 6.41. The van der Waals surface area contributed by atoms with Gasteiger partial charge in [0.05, 0.1) is 22.8 Å². The van der Waals surface area contributed by atoms with Crippen LogP contribution in [0.25, 0.3) is 0 Å². The van der Waals surface area contributed by atoms with Crippen LogP contribution < -0.4 is 10.6 Å². The van der Waals surface area contributed by atoms with Gasteiger partial charge in [0.2, 0.25) is 11.7 Å². The Morgan fingerprint density at radius 2 is 1.68 bits per heavy atom. The third-order valence-corrected chi connectivity index (χ3v) is 6.43. The van der Waals surface area contributed by atoms with Gasteiger partial charge in [0.25, 0.3) is 5.91 Å².